The topological polar surface area (TPSA) is 73.8 Å². The largest absolute Gasteiger partial charge is 0.363 e. The van der Waals surface area contributed by atoms with Gasteiger partial charge in [0.05, 0.1) is 6.04 Å². The van der Waals surface area contributed by atoms with Crippen molar-refractivity contribution in [2.45, 2.75) is 38.6 Å². The number of nitrogens with two attached hydrogens (primary N) is 1. The zero-order valence-corrected chi connectivity index (χ0v) is 8.23. The molecule has 2 N–H and O–H groups in total. The molecule has 1 unspecified atom stereocenters. The van der Waals surface area contributed by atoms with Gasteiger partial charge in [-0.3, -0.25) is 4.79 Å². The van der Waals surface area contributed by atoms with Crippen molar-refractivity contribution in [1.82, 2.24) is 14.8 Å². The normalized spacial score (nSPS) is 20.5. The number of carbonyl (C=O) groups excluding carboxylic acids is 1. The number of nitrogens with zero attached hydrogens (tertiary/aromatic N) is 3. The van der Waals surface area contributed by atoms with Crippen molar-refractivity contribution in [3.8, 4) is 0 Å². The van der Waals surface area contributed by atoms with Gasteiger partial charge >= 0.3 is 0 Å². The maximum Gasteiger partial charge on any atom is 0.288 e. The molecular formula is C9H14N4O. The minimum absolute atomic E-state index is 0.153. The van der Waals surface area contributed by atoms with Crippen LogP contribution in [0.25, 0.3) is 0 Å². The Bertz CT molecular complexity index is 358. The standard InChI is InChI=1S/C9H14N4O/c1-2-6-4-3-5-7-11-9(8(10)14)12-13(6)7/h6H,2-5H2,1H3,(H2,10,14). The quantitative estimate of drug-likeness (QED) is 0.751. The fourth-order valence-electron chi connectivity index (χ4n) is 1.92. The summed E-state index contributed by atoms with van der Waals surface area (Å²) in [6, 6.07) is 0.388. The van der Waals surface area contributed by atoms with E-state index in [0.717, 1.165) is 31.5 Å². The Morgan fingerprint density at radius 1 is 1.71 bits per heavy atom. The first-order valence-electron chi connectivity index (χ1n) is 4.97. The first-order chi connectivity index (χ1) is 6.72. The van der Waals surface area contributed by atoms with Crippen molar-refractivity contribution in [1.29, 1.82) is 0 Å². The van der Waals surface area contributed by atoms with E-state index in [0.29, 0.717) is 6.04 Å². The van der Waals surface area contributed by atoms with E-state index in [1.54, 1.807) is 0 Å². The molecule has 0 saturated heterocycles. The van der Waals surface area contributed by atoms with Crippen LogP contribution in [-0.2, 0) is 6.42 Å². The van der Waals surface area contributed by atoms with Gasteiger partial charge in [0.2, 0.25) is 5.82 Å². The number of aromatic nitrogens is 3. The second kappa shape index (κ2) is 3.40. The molecule has 0 bridgehead atoms. The lowest BCUT2D eigenvalue weighted by atomic mass is 10.0. The Balaban J connectivity index is 2.38. The molecule has 1 amide bonds. The van der Waals surface area contributed by atoms with Crippen molar-refractivity contribution in [2.24, 2.45) is 5.73 Å². The zero-order chi connectivity index (χ0) is 10.1. The first kappa shape index (κ1) is 9.18. The third kappa shape index (κ3) is 1.38. The molecule has 0 aliphatic carbocycles. The summed E-state index contributed by atoms with van der Waals surface area (Å²) >= 11 is 0. The Labute approximate surface area is 82.3 Å². The van der Waals surface area contributed by atoms with Gasteiger partial charge in [-0.1, -0.05) is 6.92 Å². The molecule has 0 radical (unpaired) electrons. The van der Waals surface area contributed by atoms with Crippen LogP contribution < -0.4 is 5.73 Å². The Morgan fingerprint density at radius 2 is 2.50 bits per heavy atom. The third-order valence-corrected chi connectivity index (χ3v) is 2.68. The van der Waals surface area contributed by atoms with E-state index in [-0.39, 0.29) is 5.82 Å². The van der Waals surface area contributed by atoms with Gasteiger partial charge in [0.25, 0.3) is 5.91 Å². The molecule has 1 aromatic heterocycles. The van der Waals surface area contributed by atoms with Crippen molar-refractivity contribution < 1.29 is 4.79 Å². The third-order valence-electron chi connectivity index (χ3n) is 2.68. The second-order valence-corrected chi connectivity index (χ2v) is 3.61. The lowest BCUT2D eigenvalue weighted by molar-refractivity contribution is 0.0990. The van der Waals surface area contributed by atoms with E-state index in [2.05, 4.69) is 17.0 Å². The van der Waals surface area contributed by atoms with E-state index >= 15 is 0 Å². The summed E-state index contributed by atoms with van der Waals surface area (Å²) in [7, 11) is 0. The molecule has 0 saturated carbocycles. The number of rotatable bonds is 2. The van der Waals surface area contributed by atoms with Gasteiger partial charge < -0.3 is 5.73 Å². The zero-order valence-electron chi connectivity index (χ0n) is 8.23. The monoisotopic (exact) mass is 194 g/mol. The van der Waals surface area contributed by atoms with Crippen molar-refractivity contribution in [3.05, 3.63) is 11.6 Å². The molecule has 1 aliphatic heterocycles. The molecule has 0 spiro atoms. The molecule has 1 atom stereocenters. The van der Waals surface area contributed by atoms with Crippen LogP contribution in [0.4, 0.5) is 0 Å². The number of hydrogen-bond donors (Lipinski definition) is 1. The SMILES string of the molecule is CCC1CCCc2nc(C(N)=O)nn21. The maximum absolute atomic E-state index is 10.9. The van der Waals surface area contributed by atoms with Crippen molar-refractivity contribution in [3.63, 3.8) is 0 Å². The number of aryl methyl sites for hydroxylation is 1. The molecule has 2 heterocycles. The summed E-state index contributed by atoms with van der Waals surface area (Å²) in [5.74, 6) is 0.513. The van der Waals surface area contributed by atoms with Crippen LogP contribution >= 0.6 is 0 Å². The molecule has 1 aromatic rings. The van der Waals surface area contributed by atoms with Crippen molar-refractivity contribution in [2.75, 3.05) is 0 Å². The molecule has 5 heteroatoms. The highest BCUT2D eigenvalue weighted by Gasteiger charge is 2.22. The van der Waals surface area contributed by atoms with E-state index in [1.165, 1.54) is 0 Å². The molecule has 2 rings (SSSR count). The molecule has 5 nitrogen and oxygen atoms in total. The smallest absolute Gasteiger partial charge is 0.288 e. The van der Waals surface area contributed by atoms with Crippen LogP contribution in [0.2, 0.25) is 0 Å². The maximum atomic E-state index is 10.9. The number of fused-ring (bicyclic) bond motifs is 1. The molecule has 0 fully saturated rings. The average molecular weight is 194 g/mol. The van der Waals surface area contributed by atoms with Crippen LogP contribution in [0.5, 0.6) is 0 Å². The van der Waals surface area contributed by atoms with Crippen LogP contribution in [0.1, 0.15) is 48.7 Å². The minimum Gasteiger partial charge on any atom is -0.363 e. The fourth-order valence-corrected chi connectivity index (χ4v) is 1.92. The van der Waals surface area contributed by atoms with Gasteiger partial charge in [0, 0.05) is 6.42 Å². The summed E-state index contributed by atoms with van der Waals surface area (Å²) in [5, 5.41) is 4.13. The average Bonchev–Trinajstić information content (AvgIpc) is 2.60. The van der Waals surface area contributed by atoms with E-state index in [9.17, 15) is 4.79 Å². The highest BCUT2D eigenvalue weighted by Crippen LogP contribution is 2.25. The predicted molar refractivity (Wildman–Crippen MR) is 50.8 cm³/mol. The number of carbonyl (C=O) groups is 1. The van der Waals surface area contributed by atoms with E-state index < -0.39 is 5.91 Å². The second-order valence-electron chi connectivity index (χ2n) is 3.61. The summed E-state index contributed by atoms with van der Waals surface area (Å²) in [6.45, 7) is 2.12. The lowest BCUT2D eigenvalue weighted by Gasteiger charge is -2.21. The predicted octanol–water partition coefficient (Wildman–Crippen LogP) is 0.664. The lowest BCUT2D eigenvalue weighted by Crippen LogP contribution is -2.19. The van der Waals surface area contributed by atoms with Crippen LogP contribution in [0, 0.1) is 0 Å². The molecular weight excluding hydrogens is 180 g/mol. The van der Waals surface area contributed by atoms with E-state index in [1.807, 2.05) is 4.68 Å². The van der Waals surface area contributed by atoms with Gasteiger partial charge in [-0.25, -0.2) is 9.67 Å². The van der Waals surface area contributed by atoms with Crippen molar-refractivity contribution >= 4 is 5.91 Å². The van der Waals surface area contributed by atoms with Gasteiger partial charge in [0.1, 0.15) is 5.82 Å². The molecule has 0 aromatic carbocycles. The molecule has 1 aliphatic rings. The number of amides is 1. The van der Waals surface area contributed by atoms with Gasteiger partial charge in [-0.05, 0) is 19.3 Å². The van der Waals surface area contributed by atoms with E-state index in [4.69, 9.17) is 5.73 Å². The van der Waals surface area contributed by atoms with Crippen LogP contribution in [0.3, 0.4) is 0 Å². The molecule has 14 heavy (non-hydrogen) atoms. The van der Waals surface area contributed by atoms with Gasteiger partial charge in [-0.2, -0.15) is 0 Å². The Hall–Kier alpha value is -1.39. The highest BCUT2D eigenvalue weighted by molar-refractivity contribution is 5.88. The highest BCUT2D eigenvalue weighted by atomic mass is 16.1. The summed E-state index contributed by atoms with van der Waals surface area (Å²) < 4.78 is 1.86. The Morgan fingerprint density at radius 3 is 3.14 bits per heavy atom. The summed E-state index contributed by atoms with van der Waals surface area (Å²) in [6.07, 6.45) is 4.16. The number of hydrogen-bond acceptors (Lipinski definition) is 3. The summed E-state index contributed by atoms with van der Waals surface area (Å²) in [5.41, 5.74) is 5.14. The van der Waals surface area contributed by atoms with Crippen LogP contribution in [0.15, 0.2) is 0 Å². The number of primary amides is 1. The van der Waals surface area contributed by atoms with Crippen LogP contribution in [-0.4, -0.2) is 20.7 Å². The minimum atomic E-state index is -0.540. The summed E-state index contributed by atoms with van der Waals surface area (Å²) in [4.78, 5) is 15.0. The van der Waals surface area contributed by atoms with Gasteiger partial charge in [-0.15, -0.1) is 5.10 Å². The Kier molecular flexibility index (Phi) is 2.23. The first-order valence-corrected chi connectivity index (χ1v) is 4.97. The van der Waals surface area contributed by atoms with Gasteiger partial charge in [0.15, 0.2) is 0 Å². The molecule has 76 valence electrons. The fraction of sp³-hybridized carbons (Fsp3) is 0.667.